The third-order valence-corrected chi connectivity index (χ3v) is 7.00. The van der Waals surface area contributed by atoms with E-state index in [1.54, 1.807) is 0 Å². The Bertz CT molecular complexity index is 319. The maximum absolute atomic E-state index is 2.64. The van der Waals surface area contributed by atoms with Crippen LogP contribution in [0.3, 0.4) is 0 Å². The lowest BCUT2D eigenvalue weighted by Gasteiger charge is -2.66. The maximum Gasteiger partial charge on any atom is 0.0465 e. The summed E-state index contributed by atoms with van der Waals surface area (Å²) in [5, 5.41) is 0.856. The second-order valence-corrected chi connectivity index (χ2v) is 8.09. The van der Waals surface area contributed by atoms with Crippen molar-refractivity contribution in [3.63, 3.8) is 0 Å². The lowest BCUT2D eigenvalue weighted by Crippen LogP contribution is -2.70. The van der Waals surface area contributed by atoms with Gasteiger partial charge in [0.1, 0.15) is 0 Å². The van der Waals surface area contributed by atoms with Gasteiger partial charge in [-0.3, -0.25) is 0 Å². The van der Waals surface area contributed by atoms with E-state index in [0.717, 1.165) is 11.3 Å². The summed E-state index contributed by atoms with van der Waals surface area (Å²) >= 11 is 0. The van der Waals surface area contributed by atoms with Crippen molar-refractivity contribution in [2.45, 2.75) is 37.1 Å². The molecule has 0 aromatic heterocycles. The molecule has 15 heavy (non-hydrogen) atoms. The van der Waals surface area contributed by atoms with Crippen molar-refractivity contribution in [3.05, 3.63) is 24.4 Å². The summed E-state index contributed by atoms with van der Waals surface area (Å²) in [6.45, 7) is 4.72. The first kappa shape index (κ1) is 9.83. The van der Waals surface area contributed by atoms with Gasteiger partial charge in [-0.1, -0.05) is 25.2 Å². The topological polar surface area (TPSA) is 3.24 Å². The highest BCUT2D eigenvalue weighted by atomic mass is 32.2. The van der Waals surface area contributed by atoms with E-state index in [-0.39, 0.29) is 10.9 Å². The quantitative estimate of drug-likeness (QED) is 0.488. The number of allylic oxidation sites excluding steroid dienone is 2. The standard InChI is InChI=1S/C13H21NS/c1-10-4-5-12-11-8-13(2,9-15(12)3)14(11)7-6-10/h4-7,10-12,15H,8-9H2,1-3H3/b5-4-,7-6-. The Kier molecular flexibility index (Phi) is 2.01. The Labute approximate surface area is 95.6 Å². The number of hydrogen-bond acceptors (Lipinski definition) is 1. The van der Waals surface area contributed by atoms with Crippen molar-refractivity contribution in [2.24, 2.45) is 5.92 Å². The molecule has 3 aliphatic rings. The molecule has 2 heteroatoms. The van der Waals surface area contributed by atoms with Crippen molar-refractivity contribution >= 4 is 10.9 Å². The molecule has 0 N–H and O–H groups in total. The van der Waals surface area contributed by atoms with Crippen molar-refractivity contribution in [1.29, 1.82) is 0 Å². The Morgan fingerprint density at radius 1 is 1.33 bits per heavy atom. The molecule has 0 aliphatic carbocycles. The minimum Gasteiger partial charge on any atom is -0.367 e. The molecule has 3 aliphatic heterocycles. The van der Waals surface area contributed by atoms with E-state index in [4.69, 9.17) is 0 Å². The largest absolute Gasteiger partial charge is 0.367 e. The highest BCUT2D eigenvalue weighted by Gasteiger charge is 2.54. The summed E-state index contributed by atoms with van der Waals surface area (Å²) in [5.74, 6) is 2.03. The first-order valence-corrected chi connectivity index (χ1v) is 8.00. The van der Waals surface area contributed by atoms with Crippen molar-refractivity contribution in [2.75, 3.05) is 12.0 Å². The molecule has 1 nitrogen and oxygen atoms in total. The van der Waals surface area contributed by atoms with Crippen LogP contribution in [-0.4, -0.2) is 33.7 Å². The molecule has 3 heterocycles. The van der Waals surface area contributed by atoms with E-state index < -0.39 is 0 Å². The van der Waals surface area contributed by atoms with Crippen LogP contribution in [0, 0.1) is 5.92 Å². The zero-order chi connectivity index (χ0) is 10.6. The Balaban J connectivity index is 1.97. The SMILES string of the molecule is CC1/C=C\C2C3CC(C)(C[SH]2C)N3/C=C\1. The van der Waals surface area contributed by atoms with Crippen LogP contribution in [-0.2, 0) is 0 Å². The molecule has 84 valence electrons. The van der Waals surface area contributed by atoms with Gasteiger partial charge >= 0.3 is 0 Å². The summed E-state index contributed by atoms with van der Waals surface area (Å²) in [6.07, 6.45) is 13.5. The van der Waals surface area contributed by atoms with Crippen LogP contribution >= 0.6 is 10.9 Å². The fraction of sp³-hybridized carbons (Fsp3) is 0.692. The van der Waals surface area contributed by atoms with Gasteiger partial charge in [-0.2, -0.15) is 0 Å². The molecule has 2 fully saturated rings. The minimum absolute atomic E-state index is 0.221. The molecule has 3 rings (SSSR count). The predicted octanol–water partition coefficient (Wildman–Crippen LogP) is 2.55. The normalized spacial score (nSPS) is 58.7. The summed E-state index contributed by atoms with van der Waals surface area (Å²) in [7, 11) is 0.221. The first-order valence-electron chi connectivity index (χ1n) is 5.95. The summed E-state index contributed by atoms with van der Waals surface area (Å²) in [4.78, 5) is 2.64. The van der Waals surface area contributed by atoms with Crippen molar-refractivity contribution < 1.29 is 0 Å². The van der Waals surface area contributed by atoms with Crippen LogP contribution in [0.4, 0.5) is 0 Å². The molecule has 0 amide bonds. The lowest BCUT2D eigenvalue weighted by atomic mass is 9.78. The Morgan fingerprint density at radius 3 is 2.93 bits per heavy atom. The third kappa shape index (κ3) is 1.30. The van der Waals surface area contributed by atoms with Gasteiger partial charge in [-0.05, 0) is 37.5 Å². The van der Waals surface area contributed by atoms with E-state index in [0.29, 0.717) is 11.5 Å². The fourth-order valence-electron chi connectivity index (χ4n) is 3.46. The predicted molar refractivity (Wildman–Crippen MR) is 69.7 cm³/mol. The van der Waals surface area contributed by atoms with Crippen LogP contribution in [0.25, 0.3) is 0 Å². The van der Waals surface area contributed by atoms with Gasteiger partial charge in [-0.25, -0.2) is 10.9 Å². The highest BCUT2D eigenvalue weighted by molar-refractivity contribution is 8.17. The second kappa shape index (κ2) is 3.07. The molecule has 0 radical (unpaired) electrons. The molecule has 5 atom stereocenters. The van der Waals surface area contributed by atoms with Gasteiger partial charge in [0.25, 0.3) is 0 Å². The van der Waals surface area contributed by atoms with Gasteiger partial charge in [0.2, 0.25) is 0 Å². The van der Waals surface area contributed by atoms with Crippen LogP contribution < -0.4 is 0 Å². The zero-order valence-corrected chi connectivity index (χ0v) is 10.7. The van der Waals surface area contributed by atoms with Crippen LogP contribution in [0.1, 0.15) is 20.3 Å². The number of nitrogens with zero attached hydrogens (tertiary/aromatic N) is 1. The van der Waals surface area contributed by atoms with Crippen LogP contribution in [0.2, 0.25) is 0 Å². The Morgan fingerprint density at radius 2 is 2.13 bits per heavy atom. The molecule has 0 saturated carbocycles. The molecule has 2 bridgehead atoms. The third-order valence-electron chi connectivity index (χ3n) is 4.28. The van der Waals surface area contributed by atoms with E-state index in [2.05, 4.69) is 49.4 Å². The van der Waals surface area contributed by atoms with E-state index in [1.807, 2.05) is 0 Å². The number of fused-ring (bicyclic) bond motifs is 2. The molecule has 0 aromatic carbocycles. The first-order chi connectivity index (χ1) is 7.10. The number of rotatable bonds is 0. The van der Waals surface area contributed by atoms with Crippen LogP contribution in [0.5, 0.6) is 0 Å². The highest BCUT2D eigenvalue weighted by Crippen LogP contribution is 2.55. The van der Waals surface area contributed by atoms with Crippen molar-refractivity contribution in [3.8, 4) is 0 Å². The molecule has 5 unspecified atom stereocenters. The van der Waals surface area contributed by atoms with Crippen LogP contribution in [0.15, 0.2) is 24.4 Å². The average molecular weight is 223 g/mol. The number of hydrogen-bond donors (Lipinski definition) is 1. The monoisotopic (exact) mass is 223 g/mol. The van der Waals surface area contributed by atoms with E-state index >= 15 is 0 Å². The minimum atomic E-state index is 0.221. The van der Waals surface area contributed by atoms with Gasteiger partial charge < -0.3 is 4.90 Å². The molecule has 2 saturated heterocycles. The summed E-state index contributed by atoms with van der Waals surface area (Å²) in [5.41, 5.74) is 0.503. The molecule has 0 aromatic rings. The Hall–Kier alpha value is -0.370. The summed E-state index contributed by atoms with van der Waals surface area (Å²) in [6, 6.07) is 0.819. The zero-order valence-electron chi connectivity index (χ0n) is 9.85. The van der Waals surface area contributed by atoms with Gasteiger partial charge in [0.15, 0.2) is 0 Å². The summed E-state index contributed by atoms with van der Waals surface area (Å²) < 4.78 is 0. The fourth-order valence-corrected chi connectivity index (χ4v) is 6.27. The van der Waals surface area contributed by atoms with Gasteiger partial charge in [0.05, 0.1) is 0 Å². The maximum atomic E-state index is 2.64. The van der Waals surface area contributed by atoms with E-state index in [9.17, 15) is 0 Å². The second-order valence-electron chi connectivity index (χ2n) is 5.67. The number of thiol groups is 1. The smallest absolute Gasteiger partial charge is 0.0465 e. The van der Waals surface area contributed by atoms with Crippen molar-refractivity contribution in [1.82, 2.24) is 4.90 Å². The molecular weight excluding hydrogens is 202 g/mol. The van der Waals surface area contributed by atoms with Gasteiger partial charge in [0, 0.05) is 16.8 Å². The molecule has 0 spiro atoms. The van der Waals surface area contributed by atoms with Gasteiger partial charge in [-0.15, -0.1) is 0 Å². The molecular formula is C13H21NS. The van der Waals surface area contributed by atoms with E-state index in [1.165, 1.54) is 12.2 Å². The average Bonchev–Trinajstić information content (AvgIpc) is 2.13. The lowest BCUT2D eigenvalue weighted by molar-refractivity contribution is -0.00454.